The van der Waals surface area contributed by atoms with Crippen LogP contribution in [0.25, 0.3) is 11.1 Å². The highest BCUT2D eigenvalue weighted by atomic mass is 16.3. The Morgan fingerprint density at radius 3 is 2.71 bits per heavy atom. The lowest BCUT2D eigenvalue weighted by atomic mass is 9.91. The van der Waals surface area contributed by atoms with Crippen LogP contribution in [-0.4, -0.2) is 39.4 Å². The first kappa shape index (κ1) is 19.9. The summed E-state index contributed by atoms with van der Waals surface area (Å²) in [4.78, 5) is 29.0. The van der Waals surface area contributed by atoms with Crippen molar-refractivity contribution < 1.29 is 14.0 Å². The predicted molar refractivity (Wildman–Crippen MR) is 119 cm³/mol. The SMILES string of the molecule is C[C@]1(C(=O)NC2CCCCC2)Cn2c(cc3occc32)C(=O)N1CCc1ccccc1. The Morgan fingerprint density at radius 2 is 1.94 bits per heavy atom. The van der Waals surface area contributed by atoms with Crippen molar-refractivity contribution in [3.8, 4) is 0 Å². The lowest BCUT2D eigenvalue weighted by molar-refractivity contribution is -0.133. The molecule has 0 bridgehead atoms. The molecule has 0 radical (unpaired) electrons. The highest BCUT2D eigenvalue weighted by molar-refractivity contribution is 6.02. The lowest BCUT2D eigenvalue weighted by Gasteiger charge is -2.44. The van der Waals surface area contributed by atoms with Crippen molar-refractivity contribution in [3.05, 3.63) is 60.0 Å². The fraction of sp³-hybridized carbons (Fsp3) is 0.440. The minimum Gasteiger partial charge on any atom is -0.463 e. The number of benzene rings is 1. The normalized spacial score (nSPS) is 22.0. The number of rotatable bonds is 5. The molecular weight excluding hydrogens is 390 g/mol. The van der Waals surface area contributed by atoms with Gasteiger partial charge in [-0.25, -0.2) is 0 Å². The monoisotopic (exact) mass is 419 g/mol. The van der Waals surface area contributed by atoms with E-state index in [2.05, 4.69) is 17.4 Å². The molecule has 1 atom stereocenters. The topological polar surface area (TPSA) is 67.5 Å². The smallest absolute Gasteiger partial charge is 0.271 e. The largest absolute Gasteiger partial charge is 0.463 e. The Bertz CT molecular complexity index is 1090. The first-order valence-electron chi connectivity index (χ1n) is 11.3. The summed E-state index contributed by atoms with van der Waals surface area (Å²) < 4.78 is 7.49. The number of furan rings is 1. The average molecular weight is 420 g/mol. The molecule has 5 rings (SSSR count). The highest BCUT2D eigenvalue weighted by Crippen LogP contribution is 2.33. The van der Waals surface area contributed by atoms with E-state index in [0.29, 0.717) is 30.8 Å². The van der Waals surface area contributed by atoms with Crippen molar-refractivity contribution in [2.45, 2.75) is 63.6 Å². The van der Waals surface area contributed by atoms with Crippen molar-refractivity contribution in [2.24, 2.45) is 0 Å². The Balaban J connectivity index is 1.47. The standard InChI is InChI=1S/C25H29N3O3/c1-25(24(30)26-19-10-6-3-7-11-19)17-27-20-13-15-31-22(20)16-21(27)23(29)28(25)14-12-18-8-4-2-5-9-18/h2,4-5,8-9,13,15-16,19H,3,6-7,10-12,14,17H2,1H3,(H,26,30)/t25-/m1/s1. The zero-order valence-corrected chi connectivity index (χ0v) is 18.0. The second kappa shape index (κ2) is 7.91. The van der Waals surface area contributed by atoms with Gasteiger partial charge >= 0.3 is 0 Å². The lowest BCUT2D eigenvalue weighted by Crippen LogP contribution is -2.65. The molecule has 1 N–H and O–H groups in total. The van der Waals surface area contributed by atoms with E-state index < -0.39 is 5.54 Å². The quantitative estimate of drug-likeness (QED) is 0.676. The number of carbonyl (C=O) groups is 2. The highest BCUT2D eigenvalue weighted by Gasteiger charge is 2.48. The average Bonchev–Trinajstić information content (AvgIpc) is 3.37. The van der Waals surface area contributed by atoms with Crippen LogP contribution in [0.1, 0.15) is 55.1 Å². The van der Waals surface area contributed by atoms with Gasteiger partial charge in [-0.05, 0) is 31.7 Å². The van der Waals surface area contributed by atoms with Gasteiger partial charge in [-0.2, -0.15) is 0 Å². The maximum atomic E-state index is 13.6. The van der Waals surface area contributed by atoms with Gasteiger partial charge in [0.05, 0.1) is 18.3 Å². The third-order valence-corrected chi connectivity index (χ3v) is 6.95. The molecule has 0 saturated heterocycles. The molecule has 1 aliphatic carbocycles. The number of amides is 2. The number of fused-ring (bicyclic) bond motifs is 3. The van der Waals surface area contributed by atoms with Crippen LogP contribution in [0.15, 0.2) is 53.1 Å². The fourth-order valence-corrected chi connectivity index (χ4v) is 5.10. The van der Waals surface area contributed by atoms with Crippen LogP contribution in [-0.2, 0) is 17.8 Å². The van der Waals surface area contributed by atoms with Gasteiger partial charge in [0.25, 0.3) is 5.91 Å². The van der Waals surface area contributed by atoms with Crippen molar-refractivity contribution in [2.75, 3.05) is 6.54 Å². The van der Waals surface area contributed by atoms with Gasteiger partial charge < -0.3 is 19.2 Å². The maximum absolute atomic E-state index is 13.6. The molecular formula is C25H29N3O3. The molecule has 1 aromatic carbocycles. The van der Waals surface area contributed by atoms with Crippen LogP contribution in [0.5, 0.6) is 0 Å². The number of aromatic nitrogens is 1. The fourth-order valence-electron chi connectivity index (χ4n) is 5.10. The molecule has 31 heavy (non-hydrogen) atoms. The number of carbonyl (C=O) groups excluding carboxylic acids is 2. The van der Waals surface area contributed by atoms with Gasteiger partial charge in [-0.3, -0.25) is 9.59 Å². The summed E-state index contributed by atoms with van der Waals surface area (Å²) in [5.74, 6) is -0.174. The van der Waals surface area contributed by atoms with Crippen LogP contribution in [0.4, 0.5) is 0 Å². The van der Waals surface area contributed by atoms with E-state index in [-0.39, 0.29) is 17.9 Å². The molecule has 2 aliphatic rings. The Hall–Kier alpha value is -3.02. The Kier molecular flexibility index (Phi) is 5.08. The van der Waals surface area contributed by atoms with Gasteiger partial charge in [-0.1, -0.05) is 49.6 Å². The summed E-state index contributed by atoms with van der Waals surface area (Å²) in [5, 5.41) is 3.27. The molecule has 162 valence electrons. The molecule has 1 aliphatic heterocycles. The van der Waals surface area contributed by atoms with E-state index in [1.807, 2.05) is 35.8 Å². The molecule has 3 heterocycles. The Labute approximate surface area is 182 Å². The zero-order valence-electron chi connectivity index (χ0n) is 18.0. The van der Waals surface area contributed by atoms with E-state index in [1.165, 1.54) is 6.42 Å². The van der Waals surface area contributed by atoms with Gasteiger partial charge in [0.1, 0.15) is 11.2 Å². The van der Waals surface area contributed by atoms with Crippen LogP contribution >= 0.6 is 0 Å². The number of hydrogen-bond acceptors (Lipinski definition) is 3. The van der Waals surface area contributed by atoms with E-state index >= 15 is 0 Å². The minimum atomic E-state index is -0.959. The summed E-state index contributed by atoms with van der Waals surface area (Å²) in [6.07, 6.45) is 7.89. The molecule has 0 unspecified atom stereocenters. The molecule has 0 spiro atoms. The first-order chi connectivity index (χ1) is 15.1. The number of nitrogens with zero attached hydrogens (tertiary/aromatic N) is 2. The van der Waals surface area contributed by atoms with Crippen molar-refractivity contribution in [1.29, 1.82) is 0 Å². The molecule has 6 nitrogen and oxygen atoms in total. The van der Waals surface area contributed by atoms with Gasteiger partial charge in [0.2, 0.25) is 5.91 Å². The van der Waals surface area contributed by atoms with E-state index in [4.69, 9.17) is 4.42 Å². The number of nitrogens with one attached hydrogen (secondary N) is 1. The summed E-state index contributed by atoms with van der Waals surface area (Å²) in [5.41, 5.74) is 2.33. The molecule has 1 fully saturated rings. The molecule has 2 aromatic heterocycles. The van der Waals surface area contributed by atoms with E-state index in [9.17, 15) is 9.59 Å². The second-order valence-electron chi connectivity index (χ2n) is 9.06. The van der Waals surface area contributed by atoms with Crippen LogP contribution in [0.3, 0.4) is 0 Å². The number of hydrogen-bond donors (Lipinski definition) is 1. The summed E-state index contributed by atoms with van der Waals surface area (Å²) in [7, 11) is 0. The van der Waals surface area contributed by atoms with Crippen LogP contribution in [0.2, 0.25) is 0 Å². The molecule has 1 saturated carbocycles. The van der Waals surface area contributed by atoms with Crippen LogP contribution in [0, 0.1) is 0 Å². The summed E-state index contributed by atoms with van der Waals surface area (Å²) in [6, 6.07) is 14.0. The van der Waals surface area contributed by atoms with E-state index in [0.717, 1.165) is 36.8 Å². The molecule has 3 aromatic rings. The van der Waals surface area contributed by atoms with Gasteiger partial charge in [0.15, 0.2) is 5.58 Å². The minimum absolute atomic E-state index is 0.0585. The van der Waals surface area contributed by atoms with E-state index in [1.54, 1.807) is 17.2 Å². The van der Waals surface area contributed by atoms with Crippen molar-refractivity contribution in [3.63, 3.8) is 0 Å². The Morgan fingerprint density at radius 1 is 1.16 bits per heavy atom. The van der Waals surface area contributed by atoms with Crippen LogP contribution < -0.4 is 5.32 Å². The predicted octanol–water partition coefficient (Wildman–Crippen LogP) is 4.14. The second-order valence-corrected chi connectivity index (χ2v) is 9.06. The molecule has 6 heteroatoms. The summed E-state index contributed by atoms with van der Waals surface area (Å²) >= 11 is 0. The first-order valence-corrected chi connectivity index (χ1v) is 11.3. The maximum Gasteiger partial charge on any atom is 0.271 e. The zero-order chi connectivity index (χ0) is 21.4. The van der Waals surface area contributed by atoms with Crippen molar-refractivity contribution >= 4 is 22.9 Å². The van der Waals surface area contributed by atoms with Gasteiger partial charge in [-0.15, -0.1) is 0 Å². The third kappa shape index (κ3) is 3.54. The molecule has 2 amide bonds. The van der Waals surface area contributed by atoms with Crippen molar-refractivity contribution in [1.82, 2.24) is 14.8 Å². The third-order valence-electron chi connectivity index (χ3n) is 6.95. The summed E-state index contributed by atoms with van der Waals surface area (Å²) in [6.45, 7) is 2.82. The van der Waals surface area contributed by atoms with Gasteiger partial charge in [0, 0.05) is 24.7 Å².